The van der Waals surface area contributed by atoms with Crippen molar-refractivity contribution in [2.24, 2.45) is 0 Å². The lowest BCUT2D eigenvalue weighted by Crippen LogP contribution is -2.31. The van der Waals surface area contributed by atoms with Crippen LogP contribution in [-0.4, -0.2) is 36.4 Å². The fourth-order valence-corrected chi connectivity index (χ4v) is 3.87. The van der Waals surface area contributed by atoms with E-state index in [-0.39, 0.29) is 11.9 Å². The standard InChI is InChI=1S/C22H25NO2/c24-22-20-7-3-2-6-18(20)16-21(22)25-19-10-8-17(9-11-19)12-15-23-13-4-1-5-14-23/h2-3,6-11,21H,1,4-5,12-16H2. The van der Waals surface area contributed by atoms with Gasteiger partial charge in [-0.05, 0) is 55.6 Å². The van der Waals surface area contributed by atoms with E-state index in [2.05, 4.69) is 17.0 Å². The van der Waals surface area contributed by atoms with E-state index in [0.717, 1.165) is 29.8 Å². The number of rotatable bonds is 5. The number of hydrogen-bond acceptors (Lipinski definition) is 3. The van der Waals surface area contributed by atoms with Gasteiger partial charge in [0.25, 0.3) is 0 Å². The van der Waals surface area contributed by atoms with Crippen molar-refractivity contribution in [3.8, 4) is 5.75 Å². The summed E-state index contributed by atoms with van der Waals surface area (Å²) in [5, 5.41) is 0. The summed E-state index contributed by atoms with van der Waals surface area (Å²) in [7, 11) is 0. The second-order valence-electron chi connectivity index (χ2n) is 7.13. The number of piperidine rings is 1. The summed E-state index contributed by atoms with van der Waals surface area (Å²) in [5.74, 6) is 0.887. The van der Waals surface area contributed by atoms with Crippen LogP contribution in [0.3, 0.4) is 0 Å². The number of Topliss-reactive ketones (excluding diaryl/α,β-unsaturated/α-hetero) is 1. The van der Waals surface area contributed by atoms with Crippen molar-refractivity contribution in [2.75, 3.05) is 19.6 Å². The highest BCUT2D eigenvalue weighted by atomic mass is 16.5. The number of carbonyl (C=O) groups is 1. The van der Waals surface area contributed by atoms with Crippen LogP contribution in [-0.2, 0) is 12.8 Å². The lowest BCUT2D eigenvalue weighted by atomic mass is 10.1. The highest BCUT2D eigenvalue weighted by molar-refractivity contribution is 6.04. The molecule has 3 heteroatoms. The summed E-state index contributed by atoms with van der Waals surface area (Å²) < 4.78 is 5.96. The van der Waals surface area contributed by atoms with E-state index in [1.807, 2.05) is 36.4 Å². The predicted octanol–water partition coefficient (Wildman–Crippen LogP) is 3.90. The van der Waals surface area contributed by atoms with E-state index < -0.39 is 0 Å². The molecule has 1 aliphatic heterocycles. The highest BCUT2D eigenvalue weighted by Gasteiger charge is 2.31. The SMILES string of the molecule is O=C1c2ccccc2CC1Oc1ccc(CCN2CCCCC2)cc1. The van der Waals surface area contributed by atoms with Gasteiger partial charge in [-0.3, -0.25) is 4.79 Å². The van der Waals surface area contributed by atoms with Crippen LogP contribution in [0.1, 0.15) is 40.7 Å². The monoisotopic (exact) mass is 335 g/mol. The van der Waals surface area contributed by atoms with Crippen molar-refractivity contribution in [1.82, 2.24) is 4.90 Å². The third kappa shape index (κ3) is 3.77. The first-order valence-electron chi connectivity index (χ1n) is 9.40. The first-order chi connectivity index (χ1) is 12.3. The molecule has 1 heterocycles. The number of benzene rings is 2. The molecule has 1 atom stereocenters. The Hall–Kier alpha value is -2.13. The molecule has 2 aromatic rings. The minimum absolute atomic E-state index is 0.102. The van der Waals surface area contributed by atoms with Crippen molar-refractivity contribution < 1.29 is 9.53 Å². The lowest BCUT2D eigenvalue weighted by Gasteiger charge is -2.26. The van der Waals surface area contributed by atoms with Crippen molar-refractivity contribution in [1.29, 1.82) is 0 Å². The van der Waals surface area contributed by atoms with E-state index in [1.54, 1.807) is 0 Å². The molecule has 0 spiro atoms. The van der Waals surface area contributed by atoms with Crippen molar-refractivity contribution in [3.63, 3.8) is 0 Å². The first-order valence-corrected chi connectivity index (χ1v) is 9.40. The van der Waals surface area contributed by atoms with Crippen LogP contribution in [0.15, 0.2) is 48.5 Å². The average Bonchev–Trinajstić information content (AvgIpc) is 2.98. The topological polar surface area (TPSA) is 29.5 Å². The molecule has 1 saturated heterocycles. The van der Waals surface area contributed by atoms with Gasteiger partial charge in [-0.1, -0.05) is 42.8 Å². The van der Waals surface area contributed by atoms with Gasteiger partial charge in [-0.25, -0.2) is 0 Å². The molecular weight excluding hydrogens is 310 g/mol. The second kappa shape index (κ2) is 7.40. The maximum Gasteiger partial charge on any atom is 0.203 e. The summed E-state index contributed by atoms with van der Waals surface area (Å²) in [5.41, 5.74) is 3.24. The Morgan fingerprint density at radius 2 is 1.72 bits per heavy atom. The molecule has 0 N–H and O–H groups in total. The van der Waals surface area contributed by atoms with Crippen LogP contribution >= 0.6 is 0 Å². The zero-order chi connectivity index (χ0) is 17.1. The molecule has 0 aromatic heterocycles. The minimum atomic E-state index is -0.378. The van der Waals surface area contributed by atoms with Gasteiger partial charge in [0.2, 0.25) is 5.78 Å². The molecular formula is C22H25NO2. The Morgan fingerprint density at radius 1 is 0.960 bits per heavy atom. The fraction of sp³-hybridized carbons (Fsp3) is 0.409. The number of ketones is 1. The average molecular weight is 335 g/mol. The van der Waals surface area contributed by atoms with Gasteiger partial charge in [0.15, 0.2) is 6.10 Å². The van der Waals surface area contributed by atoms with Crippen LogP contribution in [0, 0.1) is 0 Å². The maximum absolute atomic E-state index is 12.4. The van der Waals surface area contributed by atoms with Gasteiger partial charge in [0.1, 0.15) is 5.75 Å². The van der Waals surface area contributed by atoms with Crippen LogP contribution < -0.4 is 4.74 Å². The maximum atomic E-state index is 12.4. The Balaban J connectivity index is 1.33. The molecule has 2 aromatic carbocycles. The lowest BCUT2D eigenvalue weighted by molar-refractivity contribution is 0.0821. The zero-order valence-electron chi connectivity index (χ0n) is 14.6. The van der Waals surface area contributed by atoms with Gasteiger partial charge in [0.05, 0.1) is 0 Å². The normalized spacial score (nSPS) is 20.5. The van der Waals surface area contributed by atoms with Crippen LogP contribution in [0.5, 0.6) is 5.75 Å². The van der Waals surface area contributed by atoms with E-state index in [0.29, 0.717) is 6.42 Å². The molecule has 0 radical (unpaired) electrons. The second-order valence-corrected chi connectivity index (χ2v) is 7.13. The molecule has 4 rings (SSSR count). The van der Waals surface area contributed by atoms with E-state index >= 15 is 0 Å². The predicted molar refractivity (Wildman–Crippen MR) is 99.3 cm³/mol. The summed E-state index contributed by atoms with van der Waals surface area (Å²) >= 11 is 0. The quantitative estimate of drug-likeness (QED) is 0.830. The molecule has 3 nitrogen and oxygen atoms in total. The third-order valence-corrected chi connectivity index (χ3v) is 5.35. The Labute approximate surface area is 149 Å². The molecule has 1 unspecified atom stereocenters. The summed E-state index contributed by atoms with van der Waals surface area (Å²) in [6.45, 7) is 3.62. The molecule has 1 aliphatic carbocycles. The first kappa shape index (κ1) is 16.3. The Kier molecular flexibility index (Phi) is 4.84. The van der Waals surface area contributed by atoms with E-state index in [1.165, 1.54) is 37.9 Å². The van der Waals surface area contributed by atoms with Gasteiger partial charge in [0, 0.05) is 18.5 Å². The van der Waals surface area contributed by atoms with Crippen molar-refractivity contribution >= 4 is 5.78 Å². The third-order valence-electron chi connectivity index (χ3n) is 5.35. The van der Waals surface area contributed by atoms with E-state index in [9.17, 15) is 4.79 Å². The number of nitrogens with zero attached hydrogens (tertiary/aromatic N) is 1. The number of ether oxygens (including phenoxy) is 1. The Morgan fingerprint density at radius 3 is 2.48 bits per heavy atom. The molecule has 0 amide bonds. The number of likely N-dealkylation sites (tertiary alicyclic amines) is 1. The number of fused-ring (bicyclic) bond motifs is 1. The van der Waals surface area contributed by atoms with E-state index in [4.69, 9.17) is 4.74 Å². The largest absolute Gasteiger partial charge is 0.482 e. The molecule has 1 fully saturated rings. The van der Waals surface area contributed by atoms with Crippen LogP contribution in [0.2, 0.25) is 0 Å². The fourth-order valence-electron chi connectivity index (χ4n) is 3.87. The minimum Gasteiger partial charge on any atom is -0.482 e. The van der Waals surface area contributed by atoms with Gasteiger partial charge in [-0.15, -0.1) is 0 Å². The highest BCUT2D eigenvalue weighted by Crippen LogP contribution is 2.26. The van der Waals surface area contributed by atoms with Gasteiger partial charge < -0.3 is 9.64 Å². The molecule has 130 valence electrons. The molecule has 0 bridgehead atoms. The molecule has 25 heavy (non-hydrogen) atoms. The number of hydrogen-bond donors (Lipinski definition) is 0. The van der Waals surface area contributed by atoms with Crippen molar-refractivity contribution in [2.45, 2.75) is 38.2 Å². The van der Waals surface area contributed by atoms with Gasteiger partial charge in [-0.2, -0.15) is 0 Å². The molecule has 0 saturated carbocycles. The summed E-state index contributed by atoms with van der Waals surface area (Å²) in [6, 6.07) is 16.1. The number of carbonyl (C=O) groups excluding carboxylic acids is 1. The zero-order valence-corrected chi connectivity index (χ0v) is 14.6. The summed E-state index contributed by atoms with van der Waals surface area (Å²) in [4.78, 5) is 15.0. The summed E-state index contributed by atoms with van der Waals surface area (Å²) in [6.07, 6.45) is 5.43. The van der Waals surface area contributed by atoms with Crippen molar-refractivity contribution in [3.05, 3.63) is 65.2 Å². The Bertz CT molecular complexity index is 732. The van der Waals surface area contributed by atoms with Gasteiger partial charge >= 0.3 is 0 Å². The van der Waals surface area contributed by atoms with Crippen LogP contribution in [0.4, 0.5) is 0 Å². The molecule has 2 aliphatic rings. The smallest absolute Gasteiger partial charge is 0.203 e. The van der Waals surface area contributed by atoms with Crippen LogP contribution in [0.25, 0.3) is 0 Å².